The molecule has 2 aromatic carbocycles. The predicted molar refractivity (Wildman–Crippen MR) is 93.3 cm³/mol. The van der Waals surface area contributed by atoms with Crippen LogP contribution in [-0.2, 0) is 13.1 Å². The van der Waals surface area contributed by atoms with Crippen LogP contribution in [0.4, 0.5) is 0 Å². The van der Waals surface area contributed by atoms with Crippen molar-refractivity contribution in [3.63, 3.8) is 0 Å². The Morgan fingerprint density at radius 1 is 1.09 bits per heavy atom. The van der Waals surface area contributed by atoms with E-state index in [1.54, 1.807) is 19.1 Å². The monoisotopic (exact) mass is 374 g/mol. The molecule has 118 valence electrons. The van der Waals surface area contributed by atoms with Crippen LogP contribution in [0, 0.1) is 0 Å². The summed E-state index contributed by atoms with van der Waals surface area (Å²) in [6.07, 6.45) is 0. The van der Waals surface area contributed by atoms with E-state index in [4.69, 9.17) is 0 Å². The molecule has 0 saturated carbocycles. The quantitative estimate of drug-likeness (QED) is 0.482. The summed E-state index contributed by atoms with van der Waals surface area (Å²) in [5.74, 6) is 0. The first-order valence-corrected chi connectivity index (χ1v) is 8.33. The zero-order chi connectivity index (χ0) is 16.4. The molecule has 3 aromatic rings. The maximum atomic E-state index is 12.8. The molecule has 1 aromatic heterocycles. The number of hydrogen-bond donors (Lipinski definition) is 1. The van der Waals surface area contributed by atoms with E-state index in [0.29, 0.717) is 10.8 Å². The fourth-order valence-electron chi connectivity index (χ4n) is 3.18. The van der Waals surface area contributed by atoms with E-state index in [1.165, 1.54) is 9.36 Å². The smallest absolute Gasteiger partial charge is 0.273 e. The molecule has 1 aliphatic rings. The molecule has 2 heterocycles. The van der Waals surface area contributed by atoms with Gasteiger partial charge in [-0.05, 0) is 29.8 Å². The summed E-state index contributed by atoms with van der Waals surface area (Å²) < 4.78 is 2.79. The minimum absolute atomic E-state index is 0.0831. The van der Waals surface area contributed by atoms with Crippen LogP contribution in [0.5, 0.6) is 0 Å². The molecular weight excluding hydrogens is 360 g/mol. The van der Waals surface area contributed by atoms with Crippen LogP contribution in [0.15, 0.2) is 46.0 Å². The standard InChI is InChI=1S/C17H15BrN2O3/c1-17(23)9-20-16(22)13-7-11-5-3-2-4-10(11)6-12(13)15(21)19(20)8-14(17)18/h2-7,14,23H,8-9H2,1H3/t14?,17-/m0/s1. The zero-order valence-corrected chi connectivity index (χ0v) is 14.1. The predicted octanol–water partition coefficient (Wildman–Crippen LogP) is 1.84. The molecule has 0 spiro atoms. The first kappa shape index (κ1) is 14.7. The number of alkyl halides is 1. The van der Waals surface area contributed by atoms with Crippen molar-refractivity contribution >= 4 is 37.5 Å². The van der Waals surface area contributed by atoms with Crippen LogP contribution in [0.2, 0.25) is 0 Å². The van der Waals surface area contributed by atoms with Crippen molar-refractivity contribution in [3.05, 3.63) is 57.1 Å². The summed E-state index contributed by atoms with van der Waals surface area (Å²) in [6, 6.07) is 11.2. The summed E-state index contributed by atoms with van der Waals surface area (Å²) in [5.41, 5.74) is -1.53. The van der Waals surface area contributed by atoms with Crippen molar-refractivity contribution < 1.29 is 5.11 Å². The lowest BCUT2D eigenvalue weighted by molar-refractivity contribution is 0.00565. The largest absolute Gasteiger partial charge is 0.387 e. The summed E-state index contributed by atoms with van der Waals surface area (Å²) >= 11 is 3.42. The highest BCUT2D eigenvalue weighted by atomic mass is 79.9. The van der Waals surface area contributed by atoms with Crippen molar-refractivity contribution in [2.75, 3.05) is 0 Å². The second-order valence-corrected chi connectivity index (χ2v) is 7.43. The minimum Gasteiger partial charge on any atom is -0.387 e. The van der Waals surface area contributed by atoms with Gasteiger partial charge in [-0.15, -0.1) is 0 Å². The Labute approximate surface area is 139 Å². The fourth-order valence-corrected chi connectivity index (χ4v) is 3.60. The molecule has 1 aliphatic heterocycles. The Morgan fingerprint density at radius 2 is 1.61 bits per heavy atom. The average Bonchev–Trinajstić information content (AvgIpc) is 2.53. The molecule has 1 unspecified atom stereocenters. The van der Waals surface area contributed by atoms with Gasteiger partial charge in [-0.25, -0.2) is 9.36 Å². The Balaban J connectivity index is 2.14. The topological polar surface area (TPSA) is 64.2 Å². The fraction of sp³-hybridized carbons (Fsp3) is 0.294. The van der Waals surface area contributed by atoms with Gasteiger partial charge in [-0.3, -0.25) is 9.59 Å². The summed E-state index contributed by atoms with van der Waals surface area (Å²) in [6.45, 7) is 2.00. The first-order valence-electron chi connectivity index (χ1n) is 7.41. The van der Waals surface area contributed by atoms with Gasteiger partial charge < -0.3 is 5.11 Å². The number of nitrogens with zero attached hydrogens (tertiary/aromatic N) is 2. The van der Waals surface area contributed by atoms with Crippen LogP contribution in [0.25, 0.3) is 21.5 Å². The molecule has 0 bridgehead atoms. The molecule has 4 rings (SSSR count). The highest BCUT2D eigenvalue weighted by Crippen LogP contribution is 2.25. The Kier molecular flexibility index (Phi) is 3.05. The maximum Gasteiger partial charge on any atom is 0.273 e. The van der Waals surface area contributed by atoms with Gasteiger partial charge in [0.2, 0.25) is 0 Å². The van der Waals surface area contributed by atoms with Crippen LogP contribution >= 0.6 is 15.9 Å². The molecule has 0 aliphatic carbocycles. The molecule has 2 atom stereocenters. The molecule has 0 radical (unpaired) electrons. The molecule has 5 nitrogen and oxygen atoms in total. The van der Waals surface area contributed by atoms with E-state index >= 15 is 0 Å². The lowest BCUT2D eigenvalue weighted by Crippen LogP contribution is -2.55. The maximum absolute atomic E-state index is 12.8. The van der Waals surface area contributed by atoms with Gasteiger partial charge in [-0.1, -0.05) is 40.2 Å². The third-order valence-electron chi connectivity index (χ3n) is 4.58. The third-order valence-corrected chi connectivity index (χ3v) is 5.86. The number of aliphatic hydroxyl groups is 1. The summed E-state index contributed by atoms with van der Waals surface area (Å²) in [5, 5.41) is 13.1. The highest BCUT2D eigenvalue weighted by molar-refractivity contribution is 9.09. The number of fused-ring (bicyclic) bond motifs is 3. The summed E-state index contributed by atoms with van der Waals surface area (Å²) in [4.78, 5) is 25.4. The van der Waals surface area contributed by atoms with Crippen molar-refractivity contribution in [3.8, 4) is 0 Å². The molecule has 23 heavy (non-hydrogen) atoms. The van der Waals surface area contributed by atoms with E-state index < -0.39 is 5.60 Å². The molecule has 0 amide bonds. The van der Waals surface area contributed by atoms with Gasteiger partial charge in [0, 0.05) is 0 Å². The second kappa shape index (κ2) is 4.79. The second-order valence-electron chi connectivity index (χ2n) is 6.32. The zero-order valence-electron chi connectivity index (χ0n) is 12.5. The Bertz CT molecular complexity index is 1070. The lowest BCUT2D eigenvalue weighted by Gasteiger charge is -2.36. The van der Waals surface area contributed by atoms with Crippen molar-refractivity contribution in [2.45, 2.75) is 30.4 Å². The molecule has 1 N–H and O–H groups in total. The van der Waals surface area contributed by atoms with Gasteiger partial charge in [0.15, 0.2) is 0 Å². The number of halogens is 1. The summed E-state index contributed by atoms with van der Waals surface area (Å²) in [7, 11) is 0. The molecule has 0 fully saturated rings. The van der Waals surface area contributed by atoms with Gasteiger partial charge in [0.1, 0.15) is 0 Å². The normalized spacial score (nSPS) is 24.0. The number of aromatic nitrogens is 2. The average molecular weight is 375 g/mol. The van der Waals surface area contributed by atoms with Crippen molar-refractivity contribution in [1.29, 1.82) is 0 Å². The van der Waals surface area contributed by atoms with Crippen molar-refractivity contribution in [1.82, 2.24) is 9.36 Å². The lowest BCUT2D eigenvalue weighted by atomic mass is 10.00. The van der Waals surface area contributed by atoms with Gasteiger partial charge >= 0.3 is 0 Å². The Hall–Kier alpha value is -1.92. The molecule has 0 saturated heterocycles. The van der Waals surface area contributed by atoms with E-state index in [0.717, 1.165) is 10.8 Å². The van der Waals surface area contributed by atoms with E-state index in [1.807, 2.05) is 24.3 Å². The van der Waals surface area contributed by atoms with Crippen LogP contribution < -0.4 is 11.1 Å². The number of benzene rings is 2. The number of hydrogen-bond acceptors (Lipinski definition) is 3. The van der Waals surface area contributed by atoms with Crippen LogP contribution in [-0.4, -0.2) is 24.9 Å². The van der Waals surface area contributed by atoms with Gasteiger partial charge in [0.25, 0.3) is 11.1 Å². The van der Waals surface area contributed by atoms with Crippen molar-refractivity contribution in [2.24, 2.45) is 0 Å². The Morgan fingerprint density at radius 3 is 2.17 bits per heavy atom. The first-order chi connectivity index (χ1) is 10.9. The van der Waals surface area contributed by atoms with Gasteiger partial charge in [-0.2, -0.15) is 0 Å². The minimum atomic E-state index is -1.08. The van der Waals surface area contributed by atoms with E-state index in [2.05, 4.69) is 15.9 Å². The number of rotatable bonds is 0. The molecular formula is C17H15BrN2O3. The van der Waals surface area contributed by atoms with Crippen LogP contribution in [0.1, 0.15) is 6.92 Å². The third kappa shape index (κ3) is 2.09. The van der Waals surface area contributed by atoms with Gasteiger partial charge in [0.05, 0.1) is 34.3 Å². The SMILES string of the molecule is C[C@]1(O)Cn2c(=O)c3cc4ccccc4cc3c(=O)n2CC1Br. The van der Waals surface area contributed by atoms with E-state index in [9.17, 15) is 14.7 Å². The highest BCUT2D eigenvalue weighted by Gasteiger charge is 2.37. The van der Waals surface area contributed by atoms with E-state index in [-0.39, 0.29) is 29.0 Å². The van der Waals surface area contributed by atoms with Crippen LogP contribution in [0.3, 0.4) is 0 Å². The molecule has 6 heteroatoms.